The summed E-state index contributed by atoms with van der Waals surface area (Å²) in [5.41, 5.74) is 0.0237. The van der Waals surface area contributed by atoms with E-state index >= 15 is 0 Å². The van der Waals surface area contributed by atoms with Gasteiger partial charge >= 0.3 is 0 Å². The molecule has 0 aromatic carbocycles. The van der Waals surface area contributed by atoms with E-state index in [1.807, 2.05) is 7.05 Å². The van der Waals surface area contributed by atoms with Gasteiger partial charge in [0.15, 0.2) is 5.96 Å². The van der Waals surface area contributed by atoms with Crippen LogP contribution in [-0.4, -0.2) is 49.5 Å². The van der Waals surface area contributed by atoms with E-state index in [1.54, 1.807) is 16.2 Å². The van der Waals surface area contributed by atoms with Crippen LogP contribution in [0.25, 0.3) is 0 Å². The third-order valence-electron chi connectivity index (χ3n) is 4.13. The molecular formula is C17H28N4OS. The molecule has 5 nitrogen and oxygen atoms in total. The number of rotatable bonds is 5. The van der Waals surface area contributed by atoms with Crippen molar-refractivity contribution in [3.63, 3.8) is 0 Å². The second-order valence-electron chi connectivity index (χ2n) is 6.71. The number of likely N-dealkylation sites (tertiary alicyclic amines) is 1. The van der Waals surface area contributed by atoms with E-state index in [2.05, 4.69) is 48.9 Å². The Balaban J connectivity index is 1.98. The summed E-state index contributed by atoms with van der Waals surface area (Å²) in [6, 6.07) is 4.52. The van der Waals surface area contributed by atoms with Crippen LogP contribution in [0.15, 0.2) is 22.5 Å². The van der Waals surface area contributed by atoms with Crippen LogP contribution in [0.3, 0.4) is 0 Å². The zero-order valence-electron chi connectivity index (χ0n) is 14.6. The van der Waals surface area contributed by atoms with Gasteiger partial charge in [0.2, 0.25) is 5.91 Å². The Bertz CT molecular complexity index is 539. The van der Waals surface area contributed by atoms with Gasteiger partial charge in [0.25, 0.3) is 0 Å². The van der Waals surface area contributed by atoms with Gasteiger partial charge < -0.3 is 15.5 Å². The lowest BCUT2D eigenvalue weighted by atomic mass is 9.92. The van der Waals surface area contributed by atoms with E-state index < -0.39 is 0 Å². The molecule has 0 spiro atoms. The highest BCUT2D eigenvalue weighted by Crippen LogP contribution is 2.27. The number of aliphatic imine (C=N–C) groups is 1. The van der Waals surface area contributed by atoms with Gasteiger partial charge in [-0.2, -0.15) is 0 Å². The number of amides is 1. The van der Waals surface area contributed by atoms with Crippen molar-refractivity contribution >= 4 is 23.2 Å². The Hall–Kier alpha value is -1.56. The zero-order chi connectivity index (χ0) is 16.9. The maximum Gasteiger partial charge on any atom is 0.222 e. The molecule has 1 fully saturated rings. The maximum atomic E-state index is 11.6. The lowest BCUT2D eigenvalue weighted by Gasteiger charge is -2.31. The Morgan fingerprint density at radius 1 is 1.52 bits per heavy atom. The molecule has 1 aromatic rings. The van der Waals surface area contributed by atoms with Gasteiger partial charge in [-0.3, -0.25) is 9.79 Å². The molecule has 23 heavy (non-hydrogen) atoms. The predicted octanol–water partition coefficient (Wildman–Crippen LogP) is 2.20. The molecule has 2 rings (SSSR count). The first-order valence-electron chi connectivity index (χ1n) is 8.25. The van der Waals surface area contributed by atoms with Crippen molar-refractivity contribution in [3.05, 3.63) is 22.4 Å². The van der Waals surface area contributed by atoms with Crippen LogP contribution in [0, 0.1) is 0 Å². The van der Waals surface area contributed by atoms with Crippen molar-refractivity contribution in [2.45, 2.75) is 45.1 Å². The Labute approximate surface area is 143 Å². The van der Waals surface area contributed by atoms with Gasteiger partial charge in [0.05, 0.1) is 6.54 Å². The quantitative estimate of drug-likeness (QED) is 0.640. The Kier molecular flexibility index (Phi) is 6.04. The van der Waals surface area contributed by atoms with Crippen molar-refractivity contribution in [2.75, 3.05) is 26.7 Å². The summed E-state index contributed by atoms with van der Waals surface area (Å²) in [5, 5.41) is 8.90. The number of nitrogens with zero attached hydrogens (tertiary/aromatic N) is 2. The highest BCUT2D eigenvalue weighted by molar-refractivity contribution is 7.10. The second-order valence-corrected chi connectivity index (χ2v) is 7.66. The predicted molar refractivity (Wildman–Crippen MR) is 97.1 cm³/mol. The number of piperidine rings is 1. The summed E-state index contributed by atoms with van der Waals surface area (Å²) in [4.78, 5) is 19.5. The third kappa shape index (κ3) is 4.96. The summed E-state index contributed by atoms with van der Waals surface area (Å²) in [6.07, 6.45) is 1.47. The summed E-state index contributed by atoms with van der Waals surface area (Å²) in [6.45, 7) is 8.80. The van der Waals surface area contributed by atoms with Gasteiger partial charge in [0, 0.05) is 42.9 Å². The standard InChI is InChI=1S/C17H28N4OS/c1-5-18-16(20-13-8-9-15(22)21(4)11-13)19-12-17(2,3)14-7-6-10-23-14/h6-7,10,13H,5,8-9,11-12H2,1-4H3,(H2,18,19,20). The molecule has 0 radical (unpaired) electrons. The van der Waals surface area contributed by atoms with E-state index in [-0.39, 0.29) is 17.4 Å². The zero-order valence-corrected chi connectivity index (χ0v) is 15.4. The normalized spacial score (nSPS) is 19.8. The first kappa shape index (κ1) is 17.8. The van der Waals surface area contributed by atoms with Gasteiger partial charge in [-0.15, -0.1) is 11.3 Å². The minimum Gasteiger partial charge on any atom is -0.357 e. The molecule has 0 aliphatic carbocycles. The number of likely N-dealkylation sites (N-methyl/N-ethyl adjacent to an activating group) is 1. The third-order valence-corrected chi connectivity index (χ3v) is 5.37. The fraction of sp³-hybridized carbons (Fsp3) is 0.647. The topological polar surface area (TPSA) is 56.7 Å². The lowest BCUT2D eigenvalue weighted by molar-refractivity contribution is -0.132. The Morgan fingerprint density at radius 2 is 2.30 bits per heavy atom. The molecular weight excluding hydrogens is 308 g/mol. The first-order valence-corrected chi connectivity index (χ1v) is 9.13. The van der Waals surface area contributed by atoms with Crippen molar-refractivity contribution in [2.24, 2.45) is 4.99 Å². The molecule has 1 aromatic heterocycles. The van der Waals surface area contributed by atoms with E-state index in [4.69, 9.17) is 4.99 Å². The number of nitrogens with one attached hydrogen (secondary N) is 2. The van der Waals surface area contributed by atoms with Gasteiger partial charge in [-0.05, 0) is 24.8 Å². The van der Waals surface area contributed by atoms with Crippen LogP contribution in [0.2, 0.25) is 0 Å². The largest absolute Gasteiger partial charge is 0.357 e. The van der Waals surface area contributed by atoms with Gasteiger partial charge in [0.1, 0.15) is 0 Å². The number of hydrogen-bond donors (Lipinski definition) is 2. The van der Waals surface area contributed by atoms with E-state index in [1.165, 1.54) is 4.88 Å². The molecule has 0 bridgehead atoms. The minimum atomic E-state index is 0.0237. The smallest absolute Gasteiger partial charge is 0.222 e. The SMILES string of the molecule is CCNC(=NCC(C)(C)c1cccs1)NC1CCC(=O)N(C)C1. The lowest BCUT2D eigenvalue weighted by Crippen LogP contribution is -2.52. The summed E-state index contributed by atoms with van der Waals surface area (Å²) in [7, 11) is 1.86. The molecule has 1 atom stereocenters. The molecule has 2 heterocycles. The van der Waals surface area contributed by atoms with Crippen LogP contribution in [0.4, 0.5) is 0 Å². The fourth-order valence-corrected chi connectivity index (χ4v) is 3.51. The molecule has 6 heteroatoms. The minimum absolute atomic E-state index is 0.0237. The molecule has 1 saturated heterocycles. The van der Waals surface area contributed by atoms with Crippen LogP contribution in [-0.2, 0) is 10.2 Å². The molecule has 0 saturated carbocycles. The molecule has 2 N–H and O–H groups in total. The second kappa shape index (κ2) is 7.81. The van der Waals surface area contributed by atoms with Crippen LogP contribution in [0.1, 0.15) is 38.5 Å². The van der Waals surface area contributed by atoms with E-state index in [9.17, 15) is 4.79 Å². The number of thiophene rings is 1. The monoisotopic (exact) mass is 336 g/mol. The molecule has 128 valence electrons. The maximum absolute atomic E-state index is 11.6. The molecule has 1 aliphatic rings. The number of hydrogen-bond acceptors (Lipinski definition) is 3. The van der Waals surface area contributed by atoms with Crippen LogP contribution >= 0.6 is 11.3 Å². The summed E-state index contributed by atoms with van der Waals surface area (Å²) < 4.78 is 0. The fourth-order valence-electron chi connectivity index (χ4n) is 2.66. The Morgan fingerprint density at radius 3 is 2.91 bits per heavy atom. The van der Waals surface area contributed by atoms with Gasteiger partial charge in [-0.25, -0.2) is 0 Å². The first-order chi connectivity index (χ1) is 10.9. The highest BCUT2D eigenvalue weighted by atomic mass is 32.1. The summed E-state index contributed by atoms with van der Waals surface area (Å²) in [5.74, 6) is 1.06. The average molecular weight is 337 g/mol. The number of carbonyl (C=O) groups is 1. The van der Waals surface area contributed by atoms with Crippen molar-refractivity contribution in [3.8, 4) is 0 Å². The molecule has 1 unspecified atom stereocenters. The highest BCUT2D eigenvalue weighted by Gasteiger charge is 2.24. The number of guanidine groups is 1. The van der Waals surface area contributed by atoms with Crippen molar-refractivity contribution in [1.29, 1.82) is 0 Å². The molecule has 1 aliphatic heterocycles. The van der Waals surface area contributed by atoms with Crippen LogP contribution < -0.4 is 10.6 Å². The molecule has 1 amide bonds. The van der Waals surface area contributed by atoms with E-state index in [0.717, 1.165) is 32.0 Å². The van der Waals surface area contributed by atoms with Crippen molar-refractivity contribution < 1.29 is 4.79 Å². The van der Waals surface area contributed by atoms with Crippen LogP contribution in [0.5, 0.6) is 0 Å². The summed E-state index contributed by atoms with van der Waals surface area (Å²) >= 11 is 1.78. The van der Waals surface area contributed by atoms with Gasteiger partial charge in [-0.1, -0.05) is 19.9 Å². The van der Waals surface area contributed by atoms with Crippen molar-refractivity contribution in [1.82, 2.24) is 15.5 Å². The van der Waals surface area contributed by atoms with E-state index in [0.29, 0.717) is 6.42 Å². The number of carbonyl (C=O) groups excluding carboxylic acids is 1. The average Bonchev–Trinajstić information content (AvgIpc) is 3.04.